The Morgan fingerprint density at radius 3 is 3.21 bits per heavy atom. The van der Waals surface area contributed by atoms with Crippen molar-refractivity contribution < 1.29 is 5.11 Å². The SMILES string of the molecule is CC1CCN(Cc2cc(=O)n3[nH]cnc3n2)CC1O. The topological polar surface area (TPSA) is 86.5 Å². The Labute approximate surface area is 109 Å². The number of aliphatic hydroxyl groups excluding tert-OH is 1. The highest BCUT2D eigenvalue weighted by atomic mass is 16.3. The number of likely N-dealkylation sites (tertiary alicyclic amines) is 1. The van der Waals surface area contributed by atoms with E-state index in [0.29, 0.717) is 30.5 Å². The number of hydrogen-bond donors (Lipinski definition) is 2. The molecule has 1 saturated heterocycles. The molecule has 0 amide bonds. The van der Waals surface area contributed by atoms with Crippen LogP contribution in [0.1, 0.15) is 19.0 Å². The number of H-pyrrole nitrogens is 1. The van der Waals surface area contributed by atoms with E-state index in [0.717, 1.165) is 13.0 Å². The number of nitrogens with zero attached hydrogens (tertiary/aromatic N) is 4. The fourth-order valence-corrected chi connectivity index (χ4v) is 2.44. The minimum absolute atomic E-state index is 0.163. The fourth-order valence-electron chi connectivity index (χ4n) is 2.44. The number of hydrogen-bond acceptors (Lipinski definition) is 5. The smallest absolute Gasteiger partial charge is 0.274 e. The number of nitrogens with one attached hydrogen (secondary N) is 1. The first kappa shape index (κ1) is 12.3. The average Bonchev–Trinajstić information content (AvgIpc) is 2.82. The molecule has 7 nitrogen and oxygen atoms in total. The van der Waals surface area contributed by atoms with Gasteiger partial charge in [-0.15, -0.1) is 0 Å². The van der Waals surface area contributed by atoms with E-state index < -0.39 is 0 Å². The highest BCUT2D eigenvalue weighted by Gasteiger charge is 2.24. The second-order valence-corrected chi connectivity index (χ2v) is 5.18. The van der Waals surface area contributed by atoms with Crippen LogP contribution < -0.4 is 5.56 Å². The summed E-state index contributed by atoms with van der Waals surface area (Å²) in [5.74, 6) is 0.720. The average molecular weight is 263 g/mol. The number of piperidine rings is 1. The van der Waals surface area contributed by atoms with Gasteiger partial charge >= 0.3 is 0 Å². The minimum atomic E-state index is -0.302. The fraction of sp³-hybridized carbons (Fsp3) is 0.583. The molecule has 7 heteroatoms. The van der Waals surface area contributed by atoms with Crippen LogP contribution in [-0.4, -0.2) is 48.8 Å². The van der Waals surface area contributed by atoms with Crippen molar-refractivity contribution in [3.63, 3.8) is 0 Å². The van der Waals surface area contributed by atoms with E-state index in [4.69, 9.17) is 0 Å². The summed E-state index contributed by atoms with van der Waals surface area (Å²) >= 11 is 0. The summed E-state index contributed by atoms with van der Waals surface area (Å²) < 4.78 is 1.30. The molecule has 19 heavy (non-hydrogen) atoms. The maximum Gasteiger partial charge on any atom is 0.274 e. The van der Waals surface area contributed by atoms with Gasteiger partial charge in [0.2, 0.25) is 0 Å². The maximum atomic E-state index is 11.8. The molecule has 0 bridgehead atoms. The standard InChI is InChI=1S/C12H17N5O2/c1-8-2-3-16(6-10(8)18)5-9-4-11(19)17-12(15-9)13-7-14-17/h4,7-8,10,18H,2-3,5-6H2,1H3,(H,13,14,15). The Balaban J connectivity index is 1.80. The molecule has 2 N–H and O–H groups in total. The molecule has 0 radical (unpaired) electrons. The zero-order valence-corrected chi connectivity index (χ0v) is 10.8. The summed E-state index contributed by atoms with van der Waals surface area (Å²) in [7, 11) is 0. The lowest BCUT2D eigenvalue weighted by molar-refractivity contribution is 0.0254. The van der Waals surface area contributed by atoms with E-state index in [2.05, 4.69) is 26.9 Å². The van der Waals surface area contributed by atoms with E-state index in [1.807, 2.05) is 0 Å². The van der Waals surface area contributed by atoms with Gasteiger partial charge in [0.05, 0.1) is 11.8 Å². The summed E-state index contributed by atoms with van der Waals surface area (Å²) in [6.07, 6.45) is 2.11. The molecule has 2 atom stereocenters. The molecule has 0 saturated carbocycles. The summed E-state index contributed by atoms with van der Waals surface area (Å²) in [6, 6.07) is 1.51. The van der Waals surface area contributed by atoms with Crippen LogP contribution in [0.4, 0.5) is 0 Å². The van der Waals surface area contributed by atoms with Crippen molar-refractivity contribution in [1.82, 2.24) is 24.5 Å². The van der Waals surface area contributed by atoms with Crippen LogP contribution >= 0.6 is 0 Å². The van der Waals surface area contributed by atoms with Crippen molar-refractivity contribution in [2.75, 3.05) is 13.1 Å². The molecule has 0 spiro atoms. The molecule has 3 heterocycles. The van der Waals surface area contributed by atoms with Crippen molar-refractivity contribution >= 4 is 5.78 Å². The first-order valence-corrected chi connectivity index (χ1v) is 6.46. The van der Waals surface area contributed by atoms with Gasteiger partial charge in [-0.2, -0.15) is 4.52 Å². The Hall–Kier alpha value is -1.73. The number of fused-ring (bicyclic) bond motifs is 1. The van der Waals surface area contributed by atoms with Crippen LogP contribution in [0.25, 0.3) is 5.78 Å². The van der Waals surface area contributed by atoms with Gasteiger partial charge in [-0.25, -0.2) is 9.97 Å². The predicted octanol–water partition coefficient (Wildman–Crippen LogP) is -0.380. The van der Waals surface area contributed by atoms with Gasteiger partial charge in [0.15, 0.2) is 0 Å². The van der Waals surface area contributed by atoms with Crippen LogP contribution in [0.15, 0.2) is 17.2 Å². The first-order valence-electron chi connectivity index (χ1n) is 6.46. The van der Waals surface area contributed by atoms with Crippen molar-refractivity contribution in [3.05, 3.63) is 28.4 Å². The van der Waals surface area contributed by atoms with E-state index >= 15 is 0 Å². The Bertz CT molecular complexity index is 634. The number of rotatable bonds is 2. The van der Waals surface area contributed by atoms with Crippen molar-refractivity contribution in [2.45, 2.75) is 26.0 Å². The lowest BCUT2D eigenvalue weighted by Crippen LogP contribution is -2.42. The zero-order chi connectivity index (χ0) is 13.4. The highest BCUT2D eigenvalue weighted by Crippen LogP contribution is 2.18. The van der Waals surface area contributed by atoms with Crippen molar-refractivity contribution in [1.29, 1.82) is 0 Å². The molecule has 2 aromatic rings. The molecule has 0 aliphatic carbocycles. The first-order chi connectivity index (χ1) is 9.13. The van der Waals surface area contributed by atoms with Gasteiger partial charge in [0.1, 0.15) is 6.33 Å². The molecular weight excluding hydrogens is 246 g/mol. The molecule has 1 aliphatic rings. The lowest BCUT2D eigenvalue weighted by Gasteiger charge is -2.33. The van der Waals surface area contributed by atoms with Gasteiger partial charge in [-0.3, -0.25) is 14.8 Å². The molecule has 1 aliphatic heterocycles. The zero-order valence-electron chi connectivity index (χ0n) is 10.8. The Kier molecular flexibility index (Phi) is 3.08. The molecule has 3 rings (SSSR count). The quantitative estimate of drug-likeness (QED) is 0.771. The molecule has 0 aromatic carbocycles. The van der Waals surface area contributed by atoms with Crippen molar-refractivity contribution in [2.24, 2.45) is 5.92 Å². The normalized spacial score (nSPS) is 24.9. The van der Waals surface area contributed by atoms with Crippen LogP contribution in [0.2, 0.25) is 0 Å². The number of aliphatic hydroxyl groups is 1. The van der Waals surface area contributed by atoms with E-state index in [1.54, 1.807) is 0 Å². The van der Waals surface area contributed by atoms with Crippen LogP contribution in [0.5, 0.6) is 0 Å². The third-order valence-corrected chi connectivity index (χ3v) is 3.71. The number of aromatic nitrogens is 4. The summed E-state index contributed by atoms with van der Waals surface area (Å²) in [4.78, 5) is 22.2. The Morgan fingerprint density at radius 2 is 2.42 bits per heavy atom. The van der Waals surface area contributed by atoms with Crippen LogP contribution in [-0.2, 0) is 6.54 Å². The largest absolute Gasteiger partial charge is 0.392 e. The third-order valence-electron chi connectivity index (χ3n) is 3.71. The van der Waals surface area contributed by atoms with Crippen LogP contribution in [0.3, 0.4) is 0 Å². The van der Waals surface area contributed by atoms with Gasteiger partial charge in [-0.05, 0) is 18.9 Å². The predicted molar refractivity (Wildman–Crippen MR) is 68.7 cm³/mol. The molecule has 1 fully saturated rings. The van der Waals surface area contributed by atoms with Crippen molar-refractivity contribution in [3.8, 4) is 0 Å². The molecule has 2 unspecified atom stereocenters. The van der Waals surface area contributed by atoms with Crippen LogP contribution in [0, 0.1) is 5.92 Å². The maximum absolute atomic E-state index is 11.8. The van der Waals surface area contributed by atoms with E-state index in [1.165, 1.54) is 16.9 Å². The van der Waals surface area contributed by atoms with Gasteiger partial charge in [0, 0.05) is 19.2 Å². The monoisotopic (exact) mass is 263 g/mol. The van der Waals surface area contributed by atoms with E-state index in [9.17, 15) is 9.90 Å². The summed E-state index contributed by atoms with van der Waals surface area (Å²) in [5, 5.41) is 12.6. The molecule has 102 valence electrons. The number of aromatic amines is 1. The lowest BCUT2D eigenvalue weighted by atomic mass is 9.96. The van der Waals surface area contributed by atoms with Gasteiger partial charge < -0.3 is 5.11 Å². The van der Waals surface area contributed by atoms with E-state index in [-0.39, 0.29) is 11.7 Å². The number of β-amino-alcohol motifs (C(OH)–C–C–N with tert-alkyl or cyclic N) is 1. The minimum Gasteiger partial charge on any atom is -0.392 e. The second kappa shape index (κ2) is 4.75. The molecular formula is C12H17N5O2. The summed E-state index contributed by atoms with van der Waals surface area (Å²) in [5.41, 5.74) is 0.530. The highest BCUT2D eigenvalue weighted by molar-refractivity contribution is 5.25. The van der Waals surface area contributed by atoms with Gasteiger partial charge in [0.25, 0.3) is 11.3 Å². The van der Waals surface area contributed by atoms with Gasteiger partial charge in [-0.1, -0.05) is 6.92 Å². The Morgan fingerprint density at radius 1 is 1.58 bits per heavy atom. The molecule has 2 aromatic heterocycles. The second-order valence-electron chi connectivity index (χ2n) is 5.18. The summed E-state index contributed by atoms with van der Waals surface area (Å²) in [6.45, 7) is 4.17. The third kappa shape index (κ3) is 2.39.